The van der Waals surface area contributed by atoms with Gasteiger partial charge in [0.2, 0.25) is 10.0 Å². The van der Waals surface area contributed by atoms with E-state index >= 15 is 0 Å². The molecule has 0 spiro atoms. The van der Waals surface area contributed by atoms with Crippen LogP contribution < -0.4 is 9.47 Å². The first-order valence-corrected chi connectivity index (χ1v) is 9.83. The number of hydrogen-bond donors (Lipinski definition) is 0. The number of benzene rings is 2. The standard InChI is InChI=1S/C18H20N2O7S/c1-4-19(5-2)28(24,25)15-9-6-13(7-10-15)18(21)27-17-12-14(20(22)23)8-11-16(17)26-3/h6-12H,4-5H2,1-3H3. The number of sulfonamides is 1. The van der Waals surface area contributed by atoms with E-state index in [0.29, 0.717) is 13.1 Å². The summed E-state index contributed by atoms with van der Waals surface area (Å²) >= 11 is 0. The molecule has 0 aliphatic heterocycles. The normalized spacial score (nSPS) is 11.3. The van der Waals surface area contributed by atoms with E-state index in [2.05, 4.69) is 0 Å². The minimum atomic E-state index is -3.64. The number of esters is 1. The molecule has 2 rings (SSSR count). The van der Waals surface area contributed by atoms with Crippen LogP contribution in [0.2, 0.25) is 0 Å². The summed E-state index contributed by atoms with van der Waals surface area (Å²) in [6, 6.07) is 8.90. The van der Waals surface area contributed by atoms with Crippen molar-refractivity contribution in [1.29, 1.82) is 0 Å². The van der Waals surface area contributed by atoms with Crippen LogP contribution >= 0.6 is 0 Å². The van der Waals surface area contributed by atoms with E-state index in [9.17, 15) is 23.3 Å². The molecule has 0 unspecified atom stereocenters. The molecule has 2 aromatic carbocycles. The van der Waals surface area contributed by atoms with Gasteiger partial charge in [0.1, 0.15) is 0 Å². The van der Waals surface area contributed by atoms with Crippen LogP contribution in [0.25, 0.3) is 0 Å². The lowest BCUT2D eigenvalue weighted by molar-refractivity contribution is -0.384. The van der Waals surface area contributed by atoms with Crippen molar-refractivity contribution >= 4 is 21.7 Å². The number of rotatable bonds is 8. The maximum Gasteiger partial charge on any atom is 0.343 e. The summed E-state index contributed by atoms with van der Waals surface area (Å²) < 4.78 is 36.5. The number of methoxy groups -OCH3 is 1. The van der Waals surface area contributed by atoms with Crippen molar-refractivity contribution in [3.05, 3.63) is 58.1 Å². The fourth-order valence-electron chi connectivity index (χ4n) is 2.49. The van der Waals surface area contributed by atoms with Gasteiger partial charge in [0.05, 0.1) is 28.6 Å². The molecule has 0 amide bonds. The number of non-ortho nitro benzene ring substituents is 1. The zero-order chi connectivity index (χ0) is 20.9. The van der Waals surface area contributed by atoms with Crippen LogP contribution in [0.15, 0.2) is 47.4 Å². The van der Waals surface area contributed by atoms with Crippen LogP contribution in [0, 0.1) is 10.1 Å². The maximum atomic E-state index is 12.5. The molecule has 0 aliphatic carbocycles. The SMILES string of the molecule is CCN(CC)S(=O)(=O)c1ccc(C(=O)Oc2cc([N+](=O)[O-])ccc2OC)cc1. The van der Waals surface area contributed by atoms with Gasteiger partial charge < -0.3 is 9.47 Å². The average Bonchev–Trinajstić information content (AvgIpc) is 2.68. The number of nitrogens with zero attached hydrogens (tertiary/aromatic N) is 2. The van der Waals surface area contributed by atoms with Crippen molar-refractivity contribution in [3.8, 4) is 11.5 Å². The summed E-state index contributed by atoms with van der Waals surface area (Å²) in [7, 11) is -2.30. The second kappa shape index (κ2) is 8.81. The van der Waals surface area contributed by atoms with Crippen LogP contribution in [-0.4, -0.2) is 43.8 Å². The molecule has 0 radical (unpaired) electrons. The van der Waals surface area contributed by atoms with Gasteiger partial charge in [-0.2, -0.15) is 4.31 Å². The number of ether oxygens (including phenoxy) is 2. The molecule has 0 N–H and O–H groups in total. The van der Waals surface area contributed by atoms with Gasteiger partial charge in [0.25, 0.3) is 5.69 Å². The second-order valence-corrected chi connectivity index (χ2v) is 7.53. The summed E-state index contributed by atoms with van der Waals surface area (Å²) in [6.07, 6.45) is 0. The Kier molecular flexibility index (Phi) is 6.71. The zero-order valence-corrected chi connectivity index (χ0v) is 16.4. The maximum absolute atomic E-state index is 12.5. The van der Waals surface area contributed by atoms with E-state index in [-0.39, 0.29) is 27.6 Å². The predicted molar refractivity (Wildman–Crippen MR) is 101 cm³/mol. The third kappa shape index (κ3) is 4.46. The highest BCUT2D eigenvalue weighted by molar-refractivity contribution is 7.89. The van der Waals surface area contributed by atoms with Crippen LogP contribution in [0.1, 0.15) is 24.2 Å². The molecular weight excluding hydrogens is 388 g/mol. The largest absolute Gasteiger partial charge is 0.493 e. The smallest absolute Gasteiger partial charge is 0.343 e. The lowest BCUT2D eigenvalue weighted by Crippen LogP contribution is -2.30. The van der Waals surface area contributed by atoms with Gasteiger partial charge in [-0.1, -0.05) is 13.8 Å². The first-order valence-electron chi connectivity index (χ1n) is 8.39. The Morgan fingerprint density at radius 2 is 1.68 bits per heavy atom. The van der Waals surface area contributed by atoms with E-state index in [1.165, 1.54) is 47.8 Å². The fourth-order valence-corrected chi connectivity index (χ4v) is 3.95. The Hall–Kier alpha value is -2.98. The third-order valence-electron chi connectivity index (χ3n) is 3.99. The molecule has 9 nitrogen and oxygen atoms in total. The van der Waals surface area contributed by atoms with E-state index in [1.54, 1.807) is 13.8 Å². The number of nitro benzene ring substituents is 1. The molecule has 0 atom stereocenters. The van der Waals surface area contributed by atoms with Crippen LogP contribution in [0.3, 0.4) is 0 Å². The van der Waals surface area contributed by atoms with Crippen molar-refractivity contribution in [2.24, 2.45) is 0 Å². The Bertz CT molecular complexity index is 968. The Balaban J connectivity index is 2.27. The van der Waals surface area contributed by atoms with Gasteiger partial charge in [0, 0.05) is 19.2 Å². The summed E-state index contributed by atoms with van der Waals surface area (Å²) in [5.74, 6) is -0.758. The topological polar surface area (TPSA) is 116 Å². The number of carbonyl (C=O) groups is 1. The van der Waals surface area contributed by atoms with E-state index in [0.717, 1.165) is 6.07 Å². The monoisotopic (exact) mass is 408 g/mol. The highest BCUT2D eigenvalue weighted by atomic mass is 32.2. The molecule has 2 aromatic rings. The molecule has 0 saturated carbocycles. The molecule has 0 saturated heterocycles. The third-order valence-corrected chi connectivity index (χ3v) is 6.06. The van der Waals surface area contributed by atoms with Gasteiger partial charge in [-0.15, -0.1) is 0 Å². The molecule has 10 heteroatoms. The lowest BCUT2D eigenvalue weighted by Gasteiger charge is -2.18. The molecule has 28 heavy (non-hydrogen) atoms. The number of hydrogen-bond acceptors (Lipinski definition) is 7. The summed E-state index contributed by atoms with van der Waals surface area (Å²) in [6.45, 7) is 4.13. The Morgan fingerprint density at radius 3 is 2.18 bits per heavy atom. The van der Waals surface area contributed by atoms with E-state index < -0.39 is 20.9 Å². The van der Waals surface area contributed by atoms with Gasteiger partial charge in [-0.25, -0.2) is 13.2 Å². The summed E-state index contributed by atoms with van der Waals surface area (Å²) in [5, 5.41) is 10.9. The fraction of sp³-hybridized carbons (Fsp3) is 0.278. The minimum Gasteiger partial charge on any atom is -0.493 e. The minimum absolute atomic E-state index is 0.0562. The first kappa shape index (κ1) is 21.3. The van der Waals surface area contributed by atoms with Crippen LogP contribution in [0.4, 0.5) is 5.69 Å². The Morgan fingerprint density at radius 1 is 1.07 bits per heavy atom. The second-order valence-electron chi connectivity index (χ2n) is 5.60. The number of carbonyl (C=O) groups excluding carboxylic acids is 1. The molecular formula is C18H20N2O7S. The zero-order valence-electron chi connectivity index (χ0n) is 15.6. The highest BCUT2D eigenvalue weighted by Gasteiger charge is 2.22. The van der Waals surface area contributed by atoms with E-state index in [1.807, 2.05) is 0 Å². The lowest BCUT2D eigenvalue weighted by atomic mass is 10.2. The Labute approximate surface area is 162 Å². The summed E-state index contributed by atoms with van der Waals surface area (Å²) in [5.41, 5.74) is -0.170. The van der Waals surface area contributed by atoms with Gasteiger partial charge in [-0.3, -0.25) is 10.1 Å². The van der Waals surface area contributed by atoms with Gasteiger partial charge in [0.15, 0.2) is 11.5 Å². The van der Waals surface area contributed by atoms with Crippen molar-refractivity contribution < 1.29 is 27.6 Å². The highest BCUT2D eigenvalue weighted by Crippen LogP contribution is 2.31. The molecule has 150 valence electrons. The number of nitro groups is 1. The quantitative estimate of drug-likeness (QED) is 0.285. The predicted octanol–water partition coefficient (Wildman–Crippen LogP) is 2.85. The van der Waals surface area contributed by atoms with Crippen molar-refractivity contribution in [2.75, 3.05) is 20.2 Å². The first-order chi connectivity index (χ1) is 13.2. The van der Waals surface area contributed by atoms with Crippen LogP contribution in [-0.2, 0) is 10.0 Å². The molecule has 0 aromatic heterocycles. The molecule has 0 bridgehead atoms. The van der Waals surface area contributed by atoms with Crippen molar-refractivity contribution in [1.82, 2.24) is 4.31 Å². The van der Waals surface area contributed by atoms with Crippen molar-refractivity contribution in [3.63, 3.8) is 0 Å². The van der Waals surface area contributed by atoms with Gasteiger partial charge >= 0.3 is 5.97 Å². The average molecular weight is 408 g/mol. The summed E-state index contributed by atoms with van der Waals surface area (Å²) in [4.78, 5) is 22.7. The van der Waals surface area contributed by atoms with Crippen LogP contribution in [0.5, 0.6) is 11.5 Å². The van der Waals surface area contributed by atoms with Crippen molar-refractivity contribution in [2.45, 2.75) is 18.7 Å². The van der Waals surface area contributed by atoms with E-state index in [4.69, 9.17) is 9.47 Å². The van der Waals surface area contributed by atoms with Gasteiger partial charge in [-0.05, 0) is 30.3 Å². The molecule has 0 heterocycles. The molecule has 0 aliphatic rings. The molecule has 0 fully saturated rings.